The van der Waals surface area contributed by atoms with Crippen LogP contribution in [0.4, 0.5) is 0 Å². The van der Waals surface area contributed by atoms with Crippen LogP contribution in [-0.2, 0) is 23.7 Å². The van der Waals surface area contributed by atoms with Crippen LogP contribution in [0.2, 0.25) is 0 Å². The summed E-state index contributed by atoms with van der Waals surface area (Å²) in [6.45, 7) is 0.478. The van der Waals surface area contributed by atoms with E-state index in [9.17, 15) is 5.11 Å². The van der Waals surface area contributed by atoms with Crippen molar-refractivity contribution in [3.63, 3.8) is 0 Å². The highest BCUT2D eigenvalue weighted by atomic mass is 16.8. The first kappa shape index (κ1) is 16.0. The lowest BCUT2D eigenvalue weighted by Crippen LogP contribution is -2.44. The average Bonchev–Trinajstić information content (AvgIpc) is 3.23. The van der Waals surface area contributed by atoms with Crippen LogP contribution >= 0.6 is 0 Å². The third-order valence-electron chi connectivity index (χ3n) is 6.39. The number of hydrogen-bond acceptors (Lipinski definition) is 6. The maximum atomic E-state index is 10.8. The summed E-state index contributed by atoms with van der Waals surface area (Å²) in [5, 5.41) is 10.8. The minimum absolute atomic E-state index is 0.238. The summed E-state index contributed by atoms with van der Waals surface area (Å²) in [5.74, 6) is -0.979. The van der Waals surface area contributed by atoms with Crippen molar-refractivity contribution in [3.05, 3.63) is 0 Å². The van der Waals surface area contributed by atoms with Crippen LogP contribution in [0.1, 0.15) is 64.2 Å². The van der Waals surface area contributed by atoms with Crippen LogP contribution in [0.15, 0.2) is 0 Å². The van der Waals surface area contributed by atoms with Gasteiger partial charge in [-0.05, 0) is 25.7 Å². The fraction of sp³-hybridized carbons (Fsp3) is 1.00. The van der Waals surface area contributed by atoms with Gasteiger partial charge in [0.15, 0.2) is 17.9 Å². The second kappa shape index (κ2) is 5.89. The monoisotopic (exact) mass is 340 g/mol. The van der Waals surface area contributed by atoms with E-state index in [4.69, 9.17) is 23.7 Å². The van der Waals surface area contributed by atoms with Crippen LogP contribution in [-0.4, -0.2) is 54.0 Å². The Morgan fingerprint density at radius 2 is 1.38 bits per heavy atom. The van der Waals surface area contributed by atoms with E-state index in [1.807, 2.05) is 0 Å². The van der Waals surface area contributed by atoms with Gasteiger partial charge >= 0.3 is 0 Å². The summed E-state index contributed by atoms with van der Waals surface area (Å²) in [6, 6.07) is 0. The Kier molecular flexibility index (Phi) is 3.92. The maximum absolute atomic E-state index is 10.8. The lowest BCUT2D eigenvalue weighted by atomic mass is 9.94. The van der Waals surface area contributed by atoms with Crippen molar-refractivity contribution >= 4 is 0 Å². The topological polar surface area (TPSA) is 66.4 Å². The van der Waals surface area contributed by atoms with Crippen LogP contribution < -0.4 is 0 Å². The molecular weight excluding hydrogens is 312 g/mol. The Hall–Kier alpha value is -0.240. The Balaban J connectivity index is 1.24. The number of hydrogen-bond donors (Lipinski definition) is 1. The summed E-state index contributed by atoms with van der Waals surface area (Å²) in [5.41, 5.74) is 0. The quantitative estimate of drug-likeness (QED) is 0.789. The van der Waals surface area contributed by atoms with Crippen molar-refractivity contribution in [2.45, 2.75) is 106 Å². The van der Waals surface area contributed by atoms with Crippen LogP contribution in [0.5, 0.6) is 0 Å². The molecule has 136 valence electrons. The minimum atomic E-state index is -0.719. The summed E-state index contributed by atoms with van der Waals surface area (Å²) >= 11 is 0. The van der Waals surface area contributed by atoms with E-state index in [1.165, 1.54) is 12.8 Å². The zero-order chi connectivity index (χ0) is 16.2. The molecule has 3 heterocycles. The first-order valence-corrected chi connectivity index (χ1v) is 9.70. The molecule has 2 saturated carbocycles. The molecular formula is C18H28O6. The Morgan fingerprint density at radius 3 is 2.04 bits per heavy atom. The van der Waals surface area contributed by atoms with Crippen LogP contribution in [0, 0.1) is 0 Å². The largest absolute Gasteiger partial charge is 0.387 e. The first-order valence-electron chi connectivity index (χ1n) is 9.70. The van der Waals surface area contributed by atoms with Crippen molar-refractivity contribution in [1.29, 1.82) is 0 Å². The number of rotatable bonds is 1. The molecule has 5 aliphatic rings. The normalized spacial score (nSPS) is 46.6. The summed E-state index contributed by atoms with van der Waals surface area (Å²) in [4.78, 5) is 0. The van der Waals surface area contributed by atoms with Crippen LogP contribution in [0.3, 0.4) is 0 Å². The molecule has 0 aromatic rings. The second-order valence-corrected chi connectivity index (χ2v) is 8.07. The maximum Gasteiger partial charge on any atom is 0.190 e. The van der Waals surface area contributed by atoms with Crippen molar-refractivity contribution in [2.24, 2.45) is 0 Å². The van der Waals surface area contributed by atoms with Crippen molar-refractivity contribution in [1.82, 2.24) is 0 Å². The fourth-order valence-corrected chi connectivity index (χ4v) is 5.09. The third kappa shape index (κ3) is 2.54. The fourth-order valence-electron chi connectivity index (χ4n) is 5.09. The summed E-state index contributed by atoms with van der Waals surface area (Å²) in [6.07, 6.45) is 8.38. The molecule has 0 bridgehead atoms. The molecule has 2 aliphatic carbocycles. The van der Waals surface area contributed by atoms with Gasteiger partial charge in [-0.25, -0.2) is 0 Å². The van der Waals surface area contributed by atoms with Gasteiger partial charge in [-0.15, -0.1) is 0 Å². The molecule has 0 radical (unpaired) electrons. The standard InChI is InChI=1S/C18H28O6/c19-13-14(12-11-20-17(22-12)7-3-1-4-8-17)21-16-15(13)23-18(24-16)9-5-2-6-10-18/h12-16,19H,1-11H2/t12?,13?,14-,15-,16-/m1/s1. The number of aliphatic hydroxyl groups is 1. The van der Waals surface area contributed by atoms with E-state index < -0.39 is 36.2 Å². The lowest BCUT2D eigenvalue weighted by Gasteiger charge is -2.34. The molecule has 1 N–H and O–H groups in total. The van der Waals surface area contributed by atoms with Gasteiger partial charge in [0.2, 0.25) is 0 Å². The zero-order valence-corrected chi connectivity index (χ0v) is 14.2. The van der Waals surface area contributed by atoms with Crippen molar-refractivity contribution < 1.29 is 28.8 Å². The Labute approximate surface area is 142 Å². The predicted octanol–water partition coefficient (Wildman–Crippen LogP) is 2.22. The number of ether oxygens (including phenoxy) is 5. The molecule has 3 saturated heterocycles. The highest BCUT2D eigenvalue weighted by Crippen LogP contribution is 2.47. The van der Waals surface area contributed by atoms with Gasteiger partial charge in [-0.3, -0.25) is 0 Å². The molecule has 2 unspecified atom stereocenters. The number of aliphatic hydroxyl groups excluding tert-OH is 1. The highest BCUT2D eigenvalue weighted by molar-refractivity contribution is 5.00. The third-order valence-corrected chi connectivity index (χ3v) is 6.39. The van der Waals surface area contributed by atoms with E-state index in [0.29, 0.717) is 6.61 Å². The van der Waals surface area contributed by atoms with Gasteiger partial charge in [0, 0.05) is 25.7 Å². The van der Waals surface area contributed by atoms with Gasteiger partial charge in [0.1, 0.15) is 24.4 Å². The molecule has 6 heteroatoms. The SMILES string of the molecule is OC1[C@@H](C2COC3(CCCCC3)O2)O[C@@H]2OC3(CCCCC3)O[C@H]12. The number of fused-ring (bicyclic) bond motifs is 1. The van der Waals surface area contributed by atoms with Crippen molar-refractivity contribution in [3.8, 4) is 0 Å². The molecule has 3 aliphatic heterocycles. The van der Waals surface area contributed by atoms with E-state index in [2.05, 4.69) is 0 Å². The molecule has 0 amide bonds. The zero-order valence-electron chi connectivity index (χ0n) is 14.2. The van der Waals surface area contributed by atoms with Gasteiger partial charge in [0.05, 0.1) is 6.61 Å². The van der Waals surface area contributed by atoms with Gasteiger partial charge < -0.3 is 28.8 Å². The molecule has 2 spiro atoms. The van der Waals surface area contributed by atoms with E-state index >= 15 is 0 Å². The average molecular weight is 340 g/mol. The van der Waals surface area contributed by atoms with Crippen LogP contribution in [0.25, 0.3) is 0 Å². The Morgan fingerprint density at radius 1 is 0.708 bits per heavy atom. The summed E-state index contributed by atoms with van der Waals surface area (Å²) in [7, 11) is 0. The smallest absolute Gasteiger partial charge is 0.190 e. The first-order chi connectivity index (χ1) is 11.7. The molecule has 5 atom stereocenters. The molecule has 0 aromatic heterocycles. The highest BCUT2D eigenvalue weighted by Gasteiger charge is 2.60. The molecule has 0 aromatic carbocycles. The lowest BCUT2D eigenvalue weighted by molar-refractivity contribution is -0.259. The summed E-state index contributed by atoms with van der Waals surface area (Å²) < 4.78 is 30.5. The van der Waals surface area contributed by atoms with Gasteiger partial charge in [-0.2, -0.15) is 0 Å². The molecule has 5 fully saturated rings. The van der Waals surface area contributed by atoms with E-state index in [-0.39, 0.29) is 6.10 Å². The Bertz CT molecular complexity index is 470. The molecule has 5 rings (SSSR count). The van der Waals surface area contributed by atoms with Gasteiger partial charge in [0.25, 0.3) is 0 Å². The van der Waals surface area contributed by atoms with E-state index in [0.717, 1.165) is 51.4 Å². The van der Waals surface area contributed by atoms with Gasteiger partial charge in [-0.1, -0.05) is 12.8 Å². The van der Waals surface area contributed by atoms with Crippen molar-refractivity contribution in [2.75, 3.05) is 6.61 Å². The second-order valence-electron chi connectivity index (χ2n) is 8.07. The van der Waals surface area contributed by atoms with E-state index in [1.54, 1.807) is 0 Å². The molecule has 24 heavy (non-hydrogen) atoms. The minimum Gasteiger partial charge on any atom is -0.387 e. The predicted molar refractivity (Wildman–Crippen MR) is 83.1 cm³/mol. The molecule has 6 nitrogen and oxygen atoms in total.